The fourth-order valence-corrected chi connectivity index (χ4v) is 3.09. The van der Waals surface area contributed by atoms with Crippen LogP contribution in [-0.2, 0) is 9.63 Å². The van der Waals surface area contributed by atoms with Crippen molar-refractivity contribution < 1.29 is 9.63 Å². The van der Waals surface area contributed by atoms with E-state index in [2.05, 4.69) is 16.5 Å². The molecule has 1 unspecified atom stereocenters. The van der Waals surface area contributed by atoms with Gasteiger partial charge in [-0.3, -0.25) is 9.63 Å². The fourth-order valence-electron chi connectivity index (χ4n) is 2.89. The molecular weight excluding hydrogens is 324 g/mol. The van der Waals surface area contributed by atoms with E-state index in [1.807, 2.05) is 55.6 Å². The Labute approximate surface area is 145 Å². The molecule has 1 heterocycles. The number of hydroxylamine groups is 1. The molecule has 1 atom stereocenters. The lowest BCUT2D eigenvalue weighted by molar-refractivity contribution is -0.133. The summed E-state index contributed by atoms with van der Waals surface area (Å²) >= 11 is 6.16. The molecule has 0 radical (unpaired) electrons. The molecule has 3 aromatic rings. The van der Waals surface area contributed by atoms with E-state index in [-0.39, 0.29) is 18.2 Å². The highest BCUT2D eigenvalue weighted by Gasteiger charge is 2.21. The van der Waals surface area contributed by atoms with E-state index in [1.165, 1.54) is 0 Å². The van der Waals surface area contributed by atoms with Gasteiger partial charge in [0.1, 0.15) is 0 Å². The van der Waals surface area contributed by atoms with Crippen LogP contribution in [0.4, 0.5) is 0 Å². The van der Waals surface area contributed by atoms with Crippen LogP contribution in [0.2, 0.25) is 5.02 Å². The number of carbonyl (C=O) groups excluding carboxylic acids is 1. The van der Waals surface area contributed by atoms with Crippen molar-refractivity contribution in [3.63, 3.8) is 0 Å². The van der Waals surface area contributed by atoms with Gasteiger partial charge in [-0.15, -0.1) is 0 Å². The van der Waals surface area contributed by atoms with Crippen LogP contribution in [0.3, 0.4) is 0 Å². The smallest absolute Gasteiger partial charge is 0.244 e. The first-order chi connectivity index (χ1) is 11.7. The standard InChI is InChI=1S/C19H19ClN2O2/c1-2-24-22-19(23)11-16(13-6-5-7-14(20)10-13)17-12-21-18-9-4-3-8-15(17)18/h3-10,12,16,21H,2,11H2,1H3,(H,22,23). The van der Waals surface area contributed by atoms with Crippen LogP contribution in [0.5, 0.6) is 0 Å². The van der Waals surface area contributed by atoms with Crippen molar-refractivity contribution in [1.82, 2.24) is 10.5 Å². The molecule has 5 heteroatoms. The molecule has 0 saturated heterocycles. The predicted octanol–water partition coefficient (Wildman–Crippen LogP) is 4.41. The zero-order chi connectivity index (χ0) is 16.9. The van der Waals surface area contributed by atoms with E-state index in [9.17, 15) is 4.79 Å². The minimum Gasteiger partial charge on any atom is -0.361 e. The average Bonchev–Trinajstić information content (AvgIpc) is 3.02. The summed E-state index contributed by atoms with van der Waals surface area (Å²) < 4.78 is 0. The summed E-state index contributed by atoms with van der Waals surface area (Å²) in [7, 11) is 0. The van der Waals surface area contributed by atoms with E-state index < -0.39 is 0 Å². The quantitative estimate of drug-likeness (QED) is 0.652. The maximum atomic E-state index is 12.2. The Balaban J connectivity index is 2.00. The predicted molar refractivity (Wildman–Crippen MR) is 96.0 cm³/mol. The van der Waals surface area contributed by atoms with Crippen molar-refractivity contribution in [3.8, 4) is 0 Å². The van der Waals surface area contributed by atoms with Gasteiger partial charge in [0.25, 0.3) is 0 Å². The highest BCUT2D eigenvalue weighted by atomic mass is 35.5. The maximum Gasteiger partial charge on any atom is 0.244 e. The molecule has 0 saturated carbocycles. The van der Waals surface area contributed by atoms with Crippen molar-refractivity contribution in [3.05, 3.63) is 70.9 Å². The largest absolute Gasteiger partial charge is 0.361 e. The lowest BCUT2D eigenvalue weighted by atomic mass is 9.88. The molecule has 0 spiro atoms. The Morgan fingerprint density at radius 3 is 2.88 bits per heavy atom. The number of benzene rings is 2. The van der Waals surface area contributed by atoms with E-state index in [1.54, 1.807) is 0 Å². The number of para-hydroxylation sites is 1. The summed E-state index contributed by atoms with van der Waals surface area (Å²) in [6.07, 6.45) is 2.24. The van der Waals surface area contributed by atoms with Crippen LogP contribution in [0.15, 0.2) is 54.7 Å². The summed E-state index contributed by atoms with van der Waals surface area (Å²) in [5, 5.41) is 1.76. The number of H-pyrrole nitrogens is 1. The van der Waals surface area contributed by atoms with Gasteiger partial charge in [-0.2, -0.15) is 0 Å². The molecule has 0 aliphatic carbocycles. The van der Waals surface area contributed by atoms with Crippen molar-refractivity contribution >= 4 is 28.4 Å². The summed E-state index contributed by atoms with van der Waals surface area (Å²) in [5.74, 6) is -0.271. The number of rotatable bonds is 6. The molecule has 0 bridgehead atoms. The van der Waals surface area contributed by atoms with Gasteiger partial charge in [-0.1, -0.05) is 41.9 Å². The van der Waals surface area contributed by atoms with Crippen LogP contribution in [0, 0.1) is 0 Å². The maximum absolute atomic E-state index is 12.2. The Morgan fingerprint density at radius 2 is 2.08 bits per heavy atom. The van der Waals surface area contributed by atoms with E-state index in [4.69, 9.17) is 16.4 Å². The highest BCUT2D eigenvalue weighted by Crippen LogP contribution is 2.34. The van der Waals surface area contributed by atoms with Crippen LogP contribution < -0.4 is 5.48 Å². The molecule has 1 aromatic heterocycles. The Kier molecular flexibility index (Phi) is 5.18. The normalized spacial score (nSPS) is 12.2. The second-order valence-corrected chi connectivity index (χ2v) is 6.00. The lowest BCUT2D eigenvalue weighted by Crippen LogP contribution is -2.25. The molecule has 4 nitrogen and oxygen atoms in total. The van der Waals surface area contributed by atoms with Crippen LogP contribution in [0.25, 0.3) is 10.9 Å². The molecule has 0 fully saturated rings. The lowest BCUT2D eigenvalue weighted by Gasteiger charge is -2.17. The number of amides is 1. The van der Waals surface area contributed by atoms with E-state index in [0.29, 0.717) is 11.6 Å². The molecule has 1 amide bonds. The molecule has 3 rings (SSSR count). The Hall–Kier alpha value is -2.30. The second-order valence-electron chi connectivity index (χ2n) is 5.56. The van der Waals surface area contributed by atoms with Crippen molar-refractivity contribution in [1.29, 1.82) is 0 Å². The molecule has 2 N–H and O–H groups in total. The number of hydrogen-bond donors (Lipinski definition) is 2. The van der Waals surface area contributed by atoms with Gasteiger partial charge in [0, 0.05) is 34.5 Å². The average molecular weight is 343 g/mol. The molecular formula is C19H19ClN2O2. The number of hydrogen-bond acceptors (Lipinski definition) is 2. The van der Waals surface area contributed by atoms with Crippen LogP contribution in [0.1, 0.15) is 30.4 Å². The zero-order valence-electron chi connectivity index (χ0n) is 13.4. The first-order valence-electron chi connectivity index (χ1n) is 7.91. The van der Waals surface area contributed by atoms with Crippen molar-refractivity contribution in [2.75, 3.05) is 6.61 Å². The Bertz CT molecular complexity index is 844. The van der Waals surface area contributed by atoms with Gasteiger partial charge in [-0.25, -0.2) is 5.48 Å². The third-order valence-corrected chi connectivity index (χ3v) is 4.20. The Morgan fingerprint density at radius 1 is 1.25 bits per heavy atom. The number of aromatic amines is 1. The van der Waals surface area contributed by atoms with Crippen LogP contribution >= 0.6 is 11.6 Å². The number of carbonyl (C=O) groups is 1. The minimum absolute atomic E-state index is 0.111. The topological polar surface area (TPSA) is 54.1 Å². The molecule has 0 aliphatic rings. The third kappa shape index (κ3) is 3.61. The fraction of sp³-hybridized carbons (Fsp3) is 0.211. The van der Waals surface area contributed by atoms with Gasteiger partial charge < -0.3 is 4.98 Å². The summed E-state index contributed by atoms with van der Waals surface area (Å²) in [6.45, 7) is 2.26. The molecule has 0 aliphatic heterocycles. The summed E-state index contributed by atoms with van der Waals surface area (Å²) in [4.78, 5) is 20.5. The molecule has 24 heavy (non-hydrogen) atoms. The van der Waals surface area contributed by atoms with Gasteiger partial charge in [0.2, 0.25) is 5.91 Å². The second kappa shape index (κ2) is 7.51. The van der Waals surface area contributed by atoms with Gasteiger partial charge >= 0.3 is 0 Å². The van der Waals surface area contributed by atoms with Crippen LogP contribution in [-0.4, -0.2) is 17.5 Å². The highest BCUT2D eigenvalue weighted by molar-refractivity contribution is 6.30. The number of halogens is 1. The van der Waals surface area contributed by atoms with Gasteiger partial charge in [0.05, 0.1) is 6.61 Å². The first-order valence-corrected chi connectivity index (χ1v) is 8.29. The van der Waals surface area contributed by atoms with Gasteiger partial charge in [-0.05, 0) is 36.2 Å². The number of nitrogens with one attached hydrogen (secondary N) is 2. The van der Waals surface area contributed by atoms with Crippen molar-refractivity contribution in [2.45, 2.75) is 19.3 Å². The first kappa shape index (κ1) is 16.6. The van der Waals surface area contributed by atoms with E-state index in [0.717, 1.165) is 22.0 Å². The monoisotopic (exact) mass is 342 g/mol. The summed E-state index contributed by atoms with van der Waals surface area (Å²) in [5.41, 5.74) is 5.59. The summed E-state index contributed by atoms with van der Waals surface area (Å²) in [6, 6.07) is 15.7. The minimum atomic E-state index is -0.160. The van der Waals surface area contributed by atoms with E-state index >= 15 is 0 Å². The zero-order valence-corrected chi connectivity index (χ0v) is 14.1. The molecule has 2 aromatic carbocycles. The number of aromatic nitrogens is 1. The SMILES string of the molecule is CCONC(=O)CC(c1cccc(Cl)c1)c1c[nH]c2ccccc12. The number of fused-ring (bicyclic) bond motifs is 1. The molecule has 124 valence electrons. The van der Waals surface area contributed by atoms with Crippen molar-refractivity contribution in [2.24, 2.45) is 0 Å². The van der Waals surface area contributed by atoms with Gasteiger partial charge in [0.15, 0.2) is 0 Å². The third-order valence-electron chi connectivity index (χ3n) is 3.97.